The molecule has 0 radical (unpaired) electrons. The van der Waals surface area contributed by atoms with Gasteiger partial charge in [0.2, 0.25) is 0 Å². The highest BCUT2D eigenvalue weighted by atomic mass is 35.5. The monoisotopic (exact) mass is 531 g/mol. The number of unbranched alkanes of at least 4 members (excludes halogenated alkanes) is 1. The molecule has 3 amide bonds. The molecule has 8 nitrogen and oxygen atoms in total. The average molecular weight is 532 g/mol. The summed E-state index contributed by atoms with van der Waals surface area (Å²) in [5.41, 5.74) is 2.56. The number of esters is 1. The molecule has 0 unspecified atom stereocenters. The summed E-state index contributed by atoms with van der Waals surface area (Å²) in [5, 5.41) is 5.41. The molecule has 1 aliphatic rings. The molecule has 3 aromatic carbocycles. The van der Waals surface area contributed by atoms with Gasteiger partial charge in [-0.3, -0.25) is 14.4 Å². The van der Waals surface area contributed by atoms with Crippen molar-refractivity contribution < 1.29 is 23.9 Å². The van der Waals surface area contributed by atoms with Gasteiger partial charge < -0.3 is 15.4 Å². The zero-order valence-corrected chi connectivity index (χ0v) is 21.7. The first-order valence-corrected chi connectivity index (χ1v) is 12.5. The molecule has 1 aliphatic heterocycles. The van der Waals surface area contributed by atoms with Crippen molar-refractivity contribution in [1.82, 2.24) is 0 Å². The molecule has 0 saturated carbocycles. The fourth-order valence-corrected chi connectivity index (χ4v) is 4.06. The number of nitrogens with one attached hydrogen (secondary N) is 2. The van der Waals surface area contributed by atoms with Gasteiger partial charge in [-0.05, 0) is 61.4 Å². The molecule has 0 fully saturated rings. The molecule has 194 valence electrons. The van der Waals surface area contributed by atoms with Gasteiger partial charge in [-0.2, -0.15) is 0 Å². The molecule has 2 N–H and O–H groups in total. The Morgan fingerprint density at radius 3 is 2.32 bits per heavy atom. The van der Waals surface area contributed by atoms with Crippen molar-refractivity contribution in [1.29, 1.82) is 0 Å². The Bertz CT molecular complexity index is 1450. The lowest BCUT2D eigenvalue weighted by Gasteiger charge is -2.17. The quantitative estimate of drug-likeness (QED) is 0.210. The van der Waals surface area contributed by atoms with Gasteiger partial charge in [0.05, 0.1) is 17.9 Å². The first-order valence-electron chi connectivity index (χ1n) is 12.1. The number of hydrogen-bond donors (Lipinski definition) is 2. The van der Waals surface area contributed by atoms with Crippen LogP contribution in [0.4, 0.5) is 17.1 Å². The topological polar surface area (TPSA) is 105 Å². The zero-order valence-electron chi connectivity index (χ0n) is 20.9. The maximum Gasteiger partial charge on any atom is 0.338 e. The summed E-state index contributed by atoms with van der Waals surface area (Å²) in [4.78, 5) is 52.1. The van der Waals surface area contributed by atoms with Crippen LogP contribution < -0.4 is 15.5 Å². The smallest absolute Gasteiger partial charge is 0.338 e. The van der Waals surface area contributed by atoms with Crippen LogP contribution in [0.25, 0.3) is 0 Å². The number of aryl methyl sites for hydroxylation is 1. The summed E-state index contributed by atoms with van der Waals surface area (Å²) in [7, 11) is 0. The van der Waals surface area contributed by atoms with E-state index in [1.54, 1.807) is 67.6 Å². The van der Waals surface area contributed by atoms with Crippen LogP contribution in [-0.2, 0) is 14.3 Å². The molecular weight excluding hydrogens is 506 g/mol. The number of benzene rings is 3. The SMILES string of the molecule is CCCCOC(=O)c1cccc(NC(=O)c2cccc(NC3=C(Cl)C(=O)N(c4ccccc4C)C3=O)c2)c1. The van der Waals surface area contributed by atoms with Crippen molar-refractivity contribution in [3.8, 4) is 0 Å². The third kappa shape index (κ3) is 5.76. The van der Waals surface area contributed by atoms with E-state index < -0.39 is 23.7 Å². The van der Waals surface area contributed by atoms with Crippen molar-refractivity contribution in [2.45, 2.75) is 26.7 Å². The van der Waals surface area contributed by atoms with E-state index in [9.17, 15) is 19.2 Å². The number of ether oxygens (including phenoxy) is 1. The van der Waals surface area contributed by atoms with E-state index in [1.165, 1.54) is 6.07 Å². The fourth-order valence-electron chi connectivity index (χ4n) is 3.85. The molecule has 4 rings (SSSR count). The lowest BCUT2D eigenvalue weighted by atomic mass is 10.1. The Kier molecular flexibility index (Phi) is 8.23. The van der Waals surface area contributed by atoms with Gasteiger partial charge in [0.25, 0.3) is 17.7 Å². The number of halogens is 1. The van der Waals surface area contributed by atoms with Crippen molar-refractivity contribution in [2.75, 3.05) is 22.1 Å². The van der Waals surface area contributed by atoms with Crippen LogP contribution in [0.15, 0.2) is 83.5 Å². The van der Waals surface area contributed by atoms with E-state index in [1.807, 2.05) is 13.0 Å². The summed E-state index contributed by atoms with van der Waals surface area (Å²) in [5.74, 6) is -2.11. The molecule has 3 aromatic rings. The van der Waals surface area contributed by atoms with E-state index in [4.69, 9.17) is 16.3 Å². The minimum Gasteiger partial charge on any atom is -0.462 e. The number of rotatable bonds is 9. The summed E-state index contributed by atoms with van der Waals surface area (Å²) >= 11 is 6.25. The first kappa shape index (κ1) is 26.6. The number of hydrogen-bond acceptors (Lipinski definition) is 6. The summed E-state index contributed by atoms with van der Waals surface area (Å²) in [6.07, 6.45) is 1.69. The van der Waals surface area contributed by atoms with Gasteiger partial charge in [-0.15, -0.1) is 0 Å². The highest BCUT2D eigenvalue weighted by molar-refractivity contribution is 6.53. The molecule has 0 saturated heterocycles. The predicted octanol–water partition coefficient (Wildman–Crippen LogP) is 5.64. The zero-order chi connectivity index (χ0) is 27.2. The van der Waals surface area contributed by atoms with Crippen LogP contribution in [-0.4, -0.2) is 30.3 Å². The summed E-state index contributed by atoms with van der Waals surface area (Å²) in [6.45, 7) is 4.14. The van der Waals surface area contributed by atoms with E-state index in [2.05, 4.69) is 10.6 Å². The number of nitrogens with zero attached hydrogens (tertiary/aromatic N) is 1. The number of amides is 3. The van der Waals surface area contributed by atoms with Crippen LogP contribution in [0.2, 0.25) is 0 Å². The van der Waals surface area contributed by atoms with Crippen LogP contribution >= 0.6 is 11.6 Å². The largest absolute Gasteiger partial charge is 0.462 e. The molecule has 0 aromatic heterocycles. The maximum absolute atomic E-state index is 13.1. The lowest BCUT2D eigenvalue weighted by molar-refractivity contribution is -0.120. The van der Waals surface area contributed by atoms with E-state index in [0.717, 1.165) is 23.3 Å². The van der Waals surface area contributed by atoms with Crippen molar-refractivity contribution >= 4 is 52.4 Å². The Balaban J connectivity index is 1.47. The molecule has 0 spiro atoms. The predicted molar refractivity (Wildman–Crippen MR) is 146 cm³/mol. The van der Waals surface area contributed by atoms with Crippen molar-refractivity contribution in [3.05, 3.63) is 100 Å². The molecular formula is C29H26ClN3O5. The number of imide groups is 1. The summed E-state index contributed by atoms with van der Waals surface area (Å²) in [6, 6.07) is 19.9. The van der Waals surface area contributed by atoms with E-state index >= 15 is 0 Å². The van der Waals surface area contributed by atoms with Gasteiger partial charge in [0.15, 0.2) is 0 Å². The van der Waals surface area contributed by atoms with E-state index in [0.29, 0.717) is 29.2 Å². The standard InChI is InChI=1S/C29H26ClN3O5/c1-3-4-15-38-29(37)20-11-8-13-22(17-20)32-26(34)19-10-7-12-21(16-19)31-25-24(30)27(35)33(28(25)36)23-14-6-5-9-18(23)2/h5-14,16-17,31H,3-4,15H2,1-2H3,(H,32,34). The number of carbonyl (C=O) groups excluding carboxylic acids is 4. The van der Waals surface area contributed by atoms with Crippen molar-refractivity contribution in [2.24, 2.45) is 0 Å². The van der Waals surface area contributed by atoms with Gasteiger partial charge in [0, 0.05) is 16.9 Å². The first-order chi connectivity index (χ1) is 18.3. The normalized spacial score (nSPS) is 13.1. The highest BCUT2D eigenvalue weighted by Gasteiger charge is 2.39. The second-order valence-corrected chi connectivity index (χ2v) is 9.03. The van der Waals surface area contributed by atoms with E-state index in [-0.39, 0.29) is 16.3 Å². The third-order valence-electron chi connectivity index (χ3n) is 5.86. The van der Waals surface area contributed by atoms with Gasteiger partial charge in [0.1, 0.15) is 10.7 Å². The second kappa shape index (κ2) is 11.7. The fraction of sp³-hybridized carbons (Fsp3) is 0.172. The second-order valence-electron chi connectivity index (χ2n) is 8.65. The molecule has 38 heavy (non-hydrogen) atoms. The molecule has 0 atom stereocenters. The number of carbonyl (C=O) groups is 4. The summed E-state index contributed by atoms with van der Waals surface area (Å²) < 4.78 is 5.23. The Hall–Kier alpha value is -4.43. The molecule has 1 heterocycles. The van der Waals surface area contributed by atoms with Crippen LogP contribution in [0.1, 0.15) is 46.0 Å². The Morgan fingerprint density at radius 2 is 1.58 bits per heavy atom. The molecule has 0 bridgehead atoms. The average Bonchev–Trinajstić information content (AvgIpc) is 3.12. The van der Waals surface area contributed by atoms with Crippen LogP contribution in [0.5, 0.6) is 0 Å². The third-order valence-corrected chi connectivity index (χ3v) is 6.22. The number of anilines is 3. The van der Waals surface area contributed by atoms with Gasteiger partial charge >= 0.3 is 5.97 Å². The molecule has 9 heteroatoms. The minimum absolute atomic E-state index is 0.0771. The Labute approximate surface area is 225 Å². The lowest BCUT2D eigenvalue weighted by Crippen LogP contribution is -2.32. The number of para-hydroxylation sites is 1. The van der Waals surface area contributed by atoms with Gasteiger partial charge in [-0.25, -0.2) is 9.69 Å². The molecule has 0 aliphatic carbocycles. The maximum atomic E-state index is 13.1. The van der Waals surface area contributed by atoms with Crippen LogP contribution in [0.3, 0.4) is 0 Å². The minimum atomic E-state index is -0.629. The van der Waals surface area contributed by atoms with Gasteiger partial charge in [-0.1, -0.05) is 55.3 Å². The Morgan fingerprint density at radius 1 is 0.895 bits per heavy atom. The van der Waals surface area contributed by atoms with Crippen LogP contribution in [0, 0.1) is 6.92 Å². The highest BCUT2D eigenvalue weighted by Crippen LogP contribution is 2.32. The van der Waals surface area contributed by atoms with Crippen molar-refractivity contribution in [3.63, 3.8) is 0 Å².